The zero-order valence-electron chi connectivity index (χ0n) is 21.5. The second kappa shape index (κ2) is 10.0. The van der Waals surface area contributed by atoms with Gasteiger partial charge in [-0.25, -0.2) is 0 Å². The van der Waals surface area contributed by atoms with Crippen LogP contribution in [-0.4, -0.2) is 53.0 Å². The molecule has 2 bridgehead atoms. The van der Waals surface area contributed by atoms with Crippen molar-refractivity contribution in [2.24, 2.45) is 23.7 Å². The summed E-state index contributed by atoms with van der Waals surface area (Å²) in [5, 5.41) is 10.7. The van der Waals surface area contributed by atoms with E-state index in [2.05, 4.69) is 27.4 Å². The van der Waals surface area contributed by atoms with Gasteiger partial charge in [-0.1, -0.05) is 46.1 Å². The Hall–Kier alpha value is -1.24. The molecular weight excluding hydrogens is 432 g/mol. The van der Waals surface area contributed by atoms with Crippen LogP contribution in [0.5, 0.6) is 0 Å². The molecule has 0 spiro atoms. The fourth-order valence-electron chi connectivity index (χ4n) is 7.21. The monoisotopic (exact) mass is 476 g/mol. The van der Waals surface area contributed by atoms with Crippen LogP contribution in [0.2, 0.25) is 0 Å². The first-order chi connectivity index (χ1) is 16.1. The number of ketones is 1. The van der Waals surface area contributed by atoms with Gasteiger partial charge in [0.1, 0.15) is 11.2 Å². The third-order valence-corrected chi connectivity index (χ3v) is 9.28. The maximum Gasteiger partial charge on any atom is 0.306 e. The van der Waals surface area contributed by atoms with Crippen LogP contribution in [0.25, 0.3) is 0 Å². The first-order valence-corrected chi connectivity index (χ1v) is 13.5. The maximum atomic E-state index is 13.4. The van der Waals surface area contributed by atoms with Crippen molar-refractivity contribution in [1.29, 1.82) is 0 Å². The molecule has 6 nitrogen and oxygen atoms in total. The van der Waals surface area contributed by atoms with Crippen molar-refractivity contribution in [3.05, 3.63) is 12.2 Å². The van der Waals surface area contributed by atoms with E-state index in [-0.39, 0.29) is 42.0 Å². The quantitative estimate of drug-likeness (QED) is 0.324. The Morgan fingerprint density at radius 2 is 1.94 bits per heavy atom. The number of unbranched alkanes of at least 4 members (excludes halogenated alkanes) is 4. The molecule has 34 heavy (non-hydrogen) atoms. The van der Waals surface area contributed by atoms with E-state index in [1.54, 1.807) is 0 Å². The van der Waals surface area contributed by atoms with Crippen molar-refractivity contribution in [2.75, 3.05) is 6.61 Å². The lowest BCUT2D eigenvalue weighted by atomic mass is 9.58. The third kappa shape index (κ3) is 4.62. The van der Waals surface area contributed by atoms with Crippen molar-refractivity contribution in [2.45, 2.75) is 121 Å². The normalized spacial score (nSPS) is 44.1. The second-order valence-corrected chi connectivity index (χ2v) is 11.8. The highest BCUT2D eigenvalue weighted by atomic mass is 16.6. The number of esters is 1. The number of ether oxygens (including phenoxy) is 3. The number of Topliss-reactive ketones (excluding diaryl/α,β-unsaturated/α-hetero) is 1. The Morgan fingerprint density at radius 3 is 2.68 bits per heavy atom. The molecule has 3 saturated heterocycles. The van der Waals surface area contributed by atoms with Crippen molar-refractivity contribution >= 4 is 11.8 Å². The molecular formula is C28H44O6. The van der Waals surface area contributed by atoms with Crippen LogP contribution in [0.1, 0.15) is 91.9 Å². The van der Waals surface area contributed by atoms with Crippen molar-refractivity contribution in [3.63, 3.8) is 0 Å². The minimum Gasteiger partial charge on any atom is -0.459 e. The van der Waals surface area contributed by atoms with Crippen molar-refractivity contribution in [1.82, 2.24) is 0 Å². The van der Waals surface area contributed by atoms with Crippen molar-refractivity contribution < 1.29 is 28.9 Å². The third-order valence-electron chi connectivity index (χ3n) is 9.28. The van der Waals surface area contributed by atoms with Gasteiger partial charge in [0.05, 0.1) is 24.9 Å². The second-order valence-electron chi connectivity index (χ2n) is 11.8. The number of fused-ring (bicyclic) bond motifs is 2. The summed E-state index contributed by atoms with van der Waals surface area (Å²) in [5.74, 6) is 0.362. The Balaban J connectivity index is 1.62. The van der Waals surface area contributed by atoms with E-state index >= 15 is 0 Å². The Morgan fingerprint density at radius 1 is 1.21 bits per heavy atom. The highest BCUT2D eigenvalue weighted by Gasteiger charge is 2.66. The number of carbonyl (C=O) groups is 2. The number of aliphatic hydroxyl groups is 1. The summed E-state index contributed by atoms with van der Waals surface area (Å²) in [5.41, 5.74) is -1.17. The Labute approximate surface area is 204 Å². The molecule has 9 atom stereocenters. The molecule has 4 rings (SSSR count). The van der Waals surface area contributed by atoms with Crippen LogP contribution in [0, 0.1) is 23.7 Å². The first-order valence-electron chi connectivity index (χ1n) is 13.5. The van der Waals surface area contributed by atoms with Crippen LogP contribution < -0.4 is 0 Å². The van der Waals surface area contributed by atoms with Gasteiger partial charge < -0.3 is 19.3 Å². The van der Waals surface area contributed by atoms with E-state index in [1.165, 1.54) is 12.8 Å². The lowest BCUT2D eigenvalue weighted by molar-refractivity contribution is -0.176. The molecule has 0 amide bonds. The Bertz CT molecular complexity index is 794. The average molecular weight is 477 g/mol. The number of carbonyl (C=O) groups excluding carboxylic acids is 2. The minimum absolute atomic E-state index is 0.00261. The van der Waals surface area contributed by atoms with E-state index in [0.29, 0.717) is 30.9 Å². The van der Waals surface area contributed by atoms with E-state index < -0.39 is 23.4 Å². The zero-order valence-corrected chi connectivity index (χ0v) is 21.5. The van der Waals surface area contributed by atoms with Crippen LogP contribution in [0.15, 0.2) is 12.2 Å². The molecule has 4 fully saturated rings. The van der Waals surface area contributed by atoms with Crippen molar-refractivity contribution in [3.8, 4) is 0 Å². The van der Waals surface area contributed by atoms with E-state index in [4.69, 9.17) is 14.2 Å². The van der Waals surface area contributed by atoms with E-state index in [0.717, 1.165) is 32.1 Å². The molecule has 0 aromatic rings. The van der Waals surface area contributed by atoms with Gasteiger partial charge >= 0.3 is 5.97 Å². The van der Waals surface area contributed by atoms with Crippen LogP contribution >= 0.6 is 0 Å². The zero-order chi connectivity index (χ0) is 24.7. The summed E-state index contributed by atoms with van der Waals surface area (Å²) in [6, 6.07) is 0. The highest BCUT2D eigenvalue weighted by molar-refractivity contribution is 5.88. The van der Waals surface area contributed by atoms with Gasteiger partial charge in [-0.2, -0.15) is 0 Å². The van der Waals surface area contributed by atoms with Crippen LogP contribution in [0.3, 0.4) is 0 Å². The molecule has 192 valence electrons. The van der Waals surface area contributed by atoms with Crippen LogP contribution in [-0.2, 0) is 23.8 Å². The molecule has 6 heteroatoms. The van der Waals surface area contributed by atoms with Crippen LogP contribution in [0.4, 0.5) is 0 Å². The van der Waals surface area contributed by atoms with E-state index in [1.807, 2.05) is 6.92 Å². The fraction of sp³-hybridized carbons (Fsp3) is 0.857. The number of hydrogen-bond donors (Lipinski definition) is 1. The van der Waals surface area contributed by atoms with Gasteiger partial charge in [0.2, 0.25) is 0 Å². The largest absolute Gasteiger partial charge is 0.459 e. The topological polar surface area (TPSA) is 82.1 Å². The number of rotatable bonds is 7. The molecule has 3 aliphatic heterocycles. The molecule has 0 aromatic carbocycles. The van der Waals surface area contributed by atoms with Gasteiger partial charge in [-0.05, 0) is 56.9 Å². The molecule has 0 aromatic heterocycles. The summed E-state index contributed by atoms with van der Waals surface area (Å²) in [6.07, 6.45) is 6.46. The average Bonchev–Trinajstić information content (AvgIpc) is 3.14. The molecule has 1 saturated carbocycles. The summed E-state index contributed by atoms with van der Waals surface area (Å²) in [7, 11) is 0. The molecule has 1 N–H and O–H groups in total. The SMILES string of the molecule is C=C1CC2OC3C4C(CCC(C)(OC(=O)CCCCCCC)C24)C(C)COC3(C)C(=O)CC1O. The summed E-state index contributed by atoms with van der Waals surface area (Å²) in [6.45, 7) is 12.9. The van der Waals surface area contributed by atoms with Gasteiger partial charge in [0, 0.05) is 24.7 Å². The lowest BCUT2D eigenvalue weighted by Crippen LogP contribution is -2.56. The molecule has 0 radical (unpaired) electrons. The smallest absolute Gasteiger partial charge is 0.306 e. The standard InChI is InChI=1S/C28H44O6/c1-6-7-8-9-10-11-23(31)34-27(4)13-12-19-18(3)16-32-28(5)22(30)15-20(29)17(2)14-21-25(27)24(19)26(28)33-21/h18-21,24-26,29H,2,6-16H2,1,3-5H3. The number of aliphatic hydroxyl groups excluding tert-OH is 1. The van der Waals surface area contributed by atoms with Gasteiger partial charge in [0.15, 0.2) is 5.78 Å². The first kappa shape index (κ1) is 25.8. The number of hydrogen-bond acceptors (Lipinski definition) is 6. The highest BCUT2D eigenvalue weighted by Crippen LogP contribution is 2.59. The van der Waals surface area contributed by atoms with Gasteiger partial charge in [-0.3, -0.25) is 9.59 Å². The van der Waals surface area contributed by atoms with Gasteiger partial charge in [0.25, 0.3) is 0 Å². The molecule has 9 unspecified atom stereocenters. The summed E-state index contributed by atoms with van der Waals surface area (Å²) in [4.78, 5) is 26.4. The predicted molar refractivity (Wildman–Crippen MR) is 129 cm³/mol. The lowest BCUT2D eigenvalue weighted by Gasteiger charge is -2.49. The molecule has 1 aliphatic carbocycles. The predicted octanol–water partition coefficient (Wildman–Crippen LogP) is 4.76. The van der Waals surface area contributed by atoms with E-state index in [9.17, 15) is 14.7 Å². The molecule has 3 heterocycles. The molecule has 4 aliphatic rings. The minimum atomic E-state index is -1.12. The fourth-order valence-corrected chi connectivity index (χ4v) is 7.21. The maximum absolute atomic E-state index is 13.4. The summed E-state index contributed by atoms with van der Waals surface area (Å²) < 4.78 is 19.3. The summed E-state index contributed by atoms with van der Waals surface area (Å²) >= 11 is 0. The Kier molecular flexibility index (Phi) is 7.62. The van der Waals surface area contributed by atoms with Gasteiger partial charge in [-0.15, -0.1) is 0 Å².